The van der Waals surface area contributed by atoms with Gasteiger partial charge in [-0.2, -0.15) is 0 Å². The second-order valence-corrected chi connectivity index (χ2v) is 13.4. The van der Waals surface area contributed by atoms with Crippen molar-refractivity contribution in [3.05, 3.63) is 0 Å². The zero-order valence-electron chi connectivity index (χ0n) is 24.8. The van der Waals surface area contributed by atoms with Gasteiger partial charge in [0.05, 0.1) is 7.11 Å². The van der Waals surface area contributed by atoms with Crippen LogP contribution in [0.25, 0.3) is 0 Å². The lowest BCUT2D eigenvalue weighted by atomic mass is 9.43. The first-order chi connectivity index (χ1) is 18.3. The van der Waals surface area contributed by atoms with Gasteiger partial charge in [0.25, 0.3) is 0 Å². The molecule has 4 fully saturated rings. The monoisotopic (exact) mass is 548 g/mol. The van der Waals surface area contributed by atoms with E-state index >= 15 is 0 Å². The van der Waals surface area contributed by atoms with Crippen molar-refractivity contribution in [1.29, 1.82) is 0 Å². The summed E-state index contributed by atoms with van der Waals surface area (Å²) in [5.41, 5.74) is -0.0674. The van der Waals surface area contributed by atoms with Gasteiger partial charge >= 0.3 is 23.9 Å². The molecule has 0 saturated heterocycles. The van der Waals surface area contributed by atoms with E-state index in [9.17, 15) is 19.2 Å². The second-order valence-electron chi connectivity index (χ2n) is 13.4. The molecule has 4 unspecified atom stereocenters. The smallest absolute Gasteiger partial charge is 0.305 e. The Morgan fingerprint density at radius 1 is 0.769 bits per heavy atom. The minimum atomic E-state index is -0.575. The minimum Gasteiger partial charge on any atom is -0.469 e. The highest BCUT2D eigenvalue weighted by Crippen LogP contribution is 2.69. The molecule has 11 atom stereocenters. The van der Waals surface area contributed by atoms with Gasteiger partial charge in [0, 0.05) is 39.0 Å². The van der Waals surface area contributed by atoms with Crippen LogP contribution in [0.4, 0.5) is 0 Å². The number of hydrogen-bond acceptors (Lipinski definition) is 8. The third-order valence-electron chi connectivity index (χ3n) is 11.4. The fourth-order valence-electron chi connectivity index (χ4n) is 9.81. The van der Waals surface area contributed by atoms with Gasteiger partial charge in [-0.25, -0.2) is 0 Å². The summed E-state index contributed by atoms with van der Waals surface area (Å²) in [6.07, 6.45) is 6.38. The van der Waals surface area contributed by atoms with E-state index < -0.39 is 12.2 Å². The van der Waals surface area contributed by atoms with E-state index in [1.165, 1.54) is 27.9 Å². The summed E-state index contributed by atoms with van der Waals surface area (Å²) < 4.78 is 22.7. The Morgan fingerprint density at radius 3 is 1.97 bits per heavy atom. The van der Waals surface area contributed by atoms with Gasteiger partial charge in [-0.1, -0.05) is 20.8 Å². The Bertz CT molecular complexity index is 962. The number of carbonyl (C=O) groups excluding carboxylic acids is 4. The third kappa shape index (κ3) is 5.58. The number of fused-ring (bicyclic) bond motifs is 5. The minimum absolute atomic E-state index is 0.0496. The maximum absolute atomic E-state index is 12.5. The Kier molecular flexibility index (Phi) is 8.73. The Balaban J connectivity index is 1.69. The molecule has 4 saturated carbocycles. The van der Waals surface area contributed by atoms with Crippen LogP contribution >= 0.6 is 0 Å². The number of methoxy groups -OCH3 is 1. The van der Waals surface area contributed by atoms with Crippen molar-refractivity contribution in [2.75, 3.05) is 7.11 Å². The van der Waals surface area contributed by atoms with Gasteiger partial charge in [-0.3, -0.25) is 19.2 Å². The molecule has 0 aromatic heterocycles. The second kappa shape index (κ2) is 11.4. The maximum Gasteiger partial charge on any atom is 0.305 e. The zero-order valence-corrected chi connectivity index (χ0v) is 24.8. The van der Waals surface area contributed by atoms with Crippen LogP contribution in [-0.4, -0.2) is 49.3 Å². The molecule has 0 radical (unpaired) electrons. The number of rotatable bonds is 7. The topological polar surface area (TPSA) is 105 Å². The van der Waals surface area contributed by atoms with Crippen LogP contribution in [-0.2, 0) is 38.1 Å². The van der Waals surface area contributed by atoms with E-state index in [2.05, 4.69) is 20.8 Å². The molecule has 0 aromatic rings. The van der Waals surface area contributed by atoms with Crippen LogP contribution in [0.3, 0.4) is 0 Å². The summed E-state index contributed by atoms with van der Waals surface area (Å²) in [6.45, 7) is 11.3. The first kappa shape index (κ1) is 29.9. The Hall–Kier alpha value is -2.12. The fourth-order valence-corrected chi connectivity index (χ4v) is 9.81. The summed E-state index contributed by atoms with van der Waals surface area (Å²) in [5, 5.41) is 0. The lowest BCUT2D eigenvalue weighted by Crippen LogP contribution is -2.65. The SMILES string of the molecule is COC(=O)CC[C@@H](C)[C@H]1CC[C@H]2[C@@H]3C(OC(C)=O)C(OC(C)=O)C4CC(OC(C)=O)CC[C@]4(C)[C@H]3CC[C@]12C. The van der Waals surface area contributed by atoms with E-state index in [4.69, 9.17) is 18.9 Å². The molecule has 0 aliphatic heterocycles. The van der Waals surface area contributed by atoms with E-state index in [0.717, 1.165) is 44.9 Å². The van der Waals surface area contributed by atoms with Gasteiger partial charge in [0.1, 0.15) is 18.3 Å². The molecule has 0 N–H and O–H groups in total. The van der Waals surface area contributed by atoms with Crippen molar-refractivity contribution in [3.8, 4) is 0 Å². The van der Waals surface area contributed by atoms with Crippen LogP contribution in [0.15, 0.2) is 0 Å². The predicted molar refractivity (Wildman–Crippen MR) is 143 cm³/mol. The molecule has 0 amide bonds. The third-order valence-corrected chi connectivity index (χ3v) is 11.4. The van der Waals surface area contributed by atoms with E-state index in [0.29, 0.717) is 36.5 Å². The predicted octanol–water partition coefficient (Wildman–Crippen LogP) is 5.25. The molecule has 8 nitrogen and oxygen atoms in total. The van der Waals surface area contributed by atoms with Gasteiger partial charge in [-0.05, 0) is 85.9 Å². The Morgan fingerprint density at radius 2 is 1.36 bits per heavy atom. The van der Waals surface area contributed by atoms with E-state index in [-0.39, 0.29) is 52.6 Å². The normalized spacial score (nSPS) is 41.7. The Labute approximate surface area is 233 Å². The average molecular weight is 549 g/mol. The fraction of sp³-hybridized carbons (Fsp3) is 0.871. The highest BCUT2D eigenvalue weighted by atomic mass is 16.6. The molecule has 4 rings (SSSR count). The van der Waals surface area contributed by atoms with Crippen molar-refractivity contribution in [2.45, 2.75) is 118 Å². The molecule has 0 heterocycles. The average Bonchev–Trinajstić information content (AvgIpc) is 3.21. The van der Waals surface area contributed by atoms with Crippen molar-refractivity contribution >= 4 is 23.9 Å². The zero-order chi connectivity index (χ0) is 28.7. The molecule has 220 valence electrons. The summed E-state index contributed by atoms with van der Waals surface area (Å²) in [4.78, 5) is 48.6. The van der Waals surface area contributed by atoms with Gasteiger partial charge in [0.2, 0.25) is 0 Å². The van der Waals surface area contributed by atoms with Crippen LogP contribution in [0.5, 0.6) is 0 Å². The van der Waals surface area contributed by atoms with Crippen molar-refractivity contribution in [2.24, 2.45) is 46.3 Å². The van der Waals surface area contributed by atoms with Crippen molar-refractivity contribution < 1.29 is 38.1 Å². The number of hydrogen-bond donors (Lipinski definition) is 0. The summed E-state index contributed by atoms with van der Waals surface area (Å²) in [5.74, 6) is 0.289. The lowest BCUT2D eigenvalue weighted by Gasteiger charge is -2.64. The molecule has 4 aliphatic carbocycles. The summed E-state index contributed by atoms with van der Waals surface area (Å²) >= 11 is 0. The van der Waals surface area contributed by atoms with Crippen molar-refractivity contribution in [1.82, 2.24) is 0 Å². The number of ether oxygens (including phenoxy) is 4. The first-order valence-electron chi connectivity index (χ1n) is 14.9. The molecule has 0 spiro atoms. The number of carbonyl (C=O) groups is 4. The highest BCUT2D eigenvalue weighted by molar-refractivity contribution is 5.69. The summed E-state index contributed by atoms with van der Waals surface area (Å²) in [7, 11) is 1.44. The quantitative estimate of drug-likeness (QED) is 0.314. The van der Waals surface area contributed by atoms with Crippen LogP contribution in [0.2, 0.25) is 0 Å². The van der Waals surface area contributed by atoms with Gasteiger partial charge < -0.3 is 18.9 Å². The standard InChI is InChI=1S/C31H48O8/c1-17(8-11-26(35)36-7)22-9-10-23-27-24(13-15-30(22,23)5)31(6)14-12-21(37-18(2)32)16-25(31)28(38-19(3)33)29(27)39-20(4)34/h17,21-25,27-29H,8-16H2,1-7H3/t17-,21?,22-,23+,24+,25?,27+,28?,29?,30-,31-/m1/s1. The lowest BCUT2D eigenvalue weighted by molar-refractivity contribution is -0.242. The molecular formula is C31H48O8. The van der Waals surface area contributed by atoms with Crippen LogP contribution in [0.1, 0.15) is 99.3 Å². The highest BCUT2D eigenvalue weighted by Gasteiger charge is 2.67. The van der Waals surface area contributed by atoms with Gasteiger partial charge in [-0.15, -0.1) is 0 Å². The maximum atomic E-state index is 12.5. The largest absolute Gasteiger partial charge is 0.469 e. The van der Waals surface area contributed by atoms with Crippen LogP contribution in [0, 0.1) is 46.3 Å². The molecule has 39 heavy (non-hydrogen) atoms. The van der Waals surface area contributed by atoms with E-state index in [1.807, 2.05) is 0 Å². The van der Waals surface area contributed by atoms with Crippen molar-refractivity contribution in [3.63, 3.8) is 0 Å². The van der Waals surface area contributed by atoms with Gasteiger partial charge in [0.15, 0.2) is 0 Å². The molecule has 8 heteroatoms. The molecule has 0 aromatic carbocycles. The first-order valence-corrected chi connectivity index (χ1v) is 14.9. The molecule has 0 bridgehead atoms. The summed E-state index contributed by atoms with van der Waals surface area (Å²) in [6, 6.07) is 0. The molecular weight excluding hydrogens is 500 g/mol. The van der Waals surface area contributed by atoms with Crippen LogP contribution < -0.4 is 0 Å². The number of esters is 4. The molecule has 4 aliphatic rings. The van der Waals surface area contributed by atoms with E-state index in [1.54, 1.807) is 0 Å².